The van der Waals surface area contributed by atoms with Gasteiger partial charge in [0.15, 0.2) is 5.78 Å². The molecule has 0 saturated heterocycles. The fourth-order valence-corrected chi connectivity index (χ4v) is 3.07. The molecule has 1 heterocycles. The van der Waals surface area contributed by atoms with Gasteiger partial charge in [0.05, 0.1) is 5.56 Å². The van der Waals surface area contributed by atoms with E-state index in [4.69, 9.17) is 5.73 Å². The SMILES string of the molecule is CC(C)(C)C1CCC(C(=O)c2cccnc2N)CC1. The van der Waals surface area contributed by atoms with Crippen molar-refractivity contribution in [1.82, 2.24) is 4.98 Å². The Morgan fingerprint density at radius 3 is 2.42 bits per heavy atom. The molecule has 3 nitrogen and oxygen atoms in total. The molecule has 1 fully saturated rings. The van der Waals surface area contributed by atoms with Gasteiger partial charge in [0, 0.05) is 12.1 Å². The summed E-state index contributed by atoms with van der Waals surface area (Å²) in [6, 6.07) is 3.57. The number of nitrogens with two attached hydrogens (primary N) is 1. The quantitative estimate of drug-likeness (QED) is 0.825. The minimum Gasteiger partial charge on any atom is -0.383 e. The number of pyridine rings is 1. The van der Waals surface area contributed by atoms with Crippen molar-refractivity contribution in [3.05, 3.63) is 23.9 Å². The first-order chi connectivity index (χ1) is 8.89. The van der Waals surface area contributed by atoms with Gasteiger partial charge in [0.2, 0.25) is 0 Å². The smallest absolute Gasteiger partial charge is 0.169 e. The number of nitrogen functional groups attached to an aromatic ring is 1. The van der Waals surface area contributed by atoms with Gasteiger partial charge in [0.25, 0.3) is 0 Å². The maximum absolute atomic E-state index is 12.5. The summed E-state index contributed by atoms with van der Waals surface area (Å²) in [7, 11) is 0. The van der Waals surface area contributed by atoms with Crippen molar-refractivity contribution in [2.45, 2.75) is 46.5 Å². The molecular weight excluding hydrogens is 236 g/mol. The first-order valence-electron chi connectivity index (χ1n) is 7.14. The zero-order valence-electron chi connectivity index (χ0n) is 12.1. The zero-order valence-corrected chi connectivity index (χ0v) is 12.1. The van der Waals surface area contributed by atoms with Crippen LogP contribution in [0.1, 0.15) is 56.8 Å². The molecule has 19 heavy (non-hydrogen) atoms. The summed E-state index contributed by atoms with van der Waals surface area (Å²) < 4.78 is 0. The van der Waals surface area contributed by atoms with Crippen LogP contribution in [0.3, 0.4) is 0 Å². The number of rotatable bonds is 2. The number of anilines is 1. The normalized spacial score (nSPS) is 24.2. The molecule has 2 N–H and O–H groups in total. The van der Waals surface area contributed by atoms with E-state index in [1.54, 1.807) is 18.3 Å². The summed E-state index contributed by atoms with van der Waals surface area (Å²) in [5.41, 5.74) is 6.74. The number of nitrogens with zero attached hydrogens (tertiary/aromatic N) is 1. The van der Waals surface area contributed by atoms with Gasteiger partial charge in [0.1, 0.15) is 5.82 Å². The molecule has 0 amide bonds. The van der Waals surface area contributed by atoms with Gasteiger partial charge in [-0.25, -0.2) is 4.98 Å². The van der Waals surface area contributed by atoms with Crippen LogP contribution in [0, 0.1) is 17.3 Å². The van der Waals surface area contributed by atoms with Crippen LogP contribution in [0.5, 0.6) is 0 Å². The molecule has 1 saturated carbocycles. The summed E-state index contributed by atoms with van der Waals surface area (Å²) in [5.74, 6) is 1.40. The van der Waals surface area contributed by atoms with Crippen LogP contribution in [0.15, 0.2) is 18.3 Å². The third-order valence-corrected chi connectivity index (χ3v) is 4.43. The van der Waals surface area contributed by atoms with Crippen LogP contribution >= 0.6 is 0 Å². The van der Waals surface area contributed by atoms with E-state index in [-0.39, 0.29) is 11.7 Å². The predicted octanol–water partition coefficient (Wildman–Crippen LogP) is 3.70. The Labute approximate surface area is 115 Å². The van der Waals surface area contributed by atoms with Crippen LogP contribution in [0.4, 0.5) is 5.82 Å². The average Bonchev–Trinajstić information content (AvgIpc) is 2.38. The van der Waals surface area contributed by atoms with Gasteiger partial charge in [-0.15, -0.1) is 0 Å². The average molecular weight is 260 g/mol. The van der Waals surface area contributed by atoms with E-state index in [0.717, 1.165) is 31.6 Å². The molecular formula is C16H24N2O. The molecule has 0 atom stereocenters. The number of carbonyl (C=O) groups is 1. The molecule has 0 bridgehead atoms. The number of carbonyl (C=O) groups excluding carboxylic acids is 1. The van der Waals surface area contributed by atoms with Gasteiger partial charge in [-0.3, -0.25) is 4.79 Å². The minimum absolute atomic E-state index is 0.130. The second-order valence-electron chi connectivity index (χ2n) is 6.72. The number of hydrogen-bond acceptors (Lipinski definition) is 3. The summed E-state index contributed by atoms with van der Waals surface area (Å²) in [6.07, 6.45) is 5.87. The number of ketones is 1. The fourth-order valence-electron chi connectivity index (χ4n) is 3.07. The highest BCUT2D eigenvalue weighted by molar-refractivity contribution is 6.01. The standard InChI is InChI=1S/C16H24N2O/c1-16(2,3)12-8-6-11(7-9-12)14(19)13-5-4-10-18-15(13)17/h4-5,10-12H,6-9H2,1-3H3,(H2,17,18). The van der Waals surface area contributed by atoms with E-state index < -0.39 is 0 Å². The lowest BCUT2D eigenvalue weighted by Gasteiger charge is -2.36. The Bertz CT molecular complexity index is 454. The van der Waals surface area contributed by atoms with Crippen molar-refractivity contribution in [3.63, 3.8) is 0 Å². The molecule has 104 valence electrons. The second-order valence-corrected chi connectivity index (χ2v) is 6.72. The van der Waals surface area contributed by atoms with Gasteiger partial charge in [-0.05, 0) is 49.1 Å². The molecule has 0 radical (unpaired) electrons. The monoisotopic (exact) mass is 260 g/mol. The first-order valence-corrected chi connectivity index (χ1v) is 7.14. The van der Waals surface area contributed by atoms with E-state index in [1.807, 2.05) is 0 Å². The van der Waals surface area contributed by atoms with Crippen molar-refractivity contribution in [3.8, 4) is 0 Å². The van der Waals surface area contributed by atoms with Gasteiger partial charge < -0.3 is 5.73 Å². The molecule has 0 unspecified atom stereocenters. The maximum Gasteiger partial charge on any atom is 0.169 e. The summed E-state index contributed by atoms with van der Waals surface area (Å²) in [6.45, 7) is 6.87. The van der Waals surface area contributed by atoms with Crippen molar-refractivity contribution in [2.24, 2.45) is 17.3 Å². The topological polar surface area (TPSA) is 56.0 Å². The molecule has 1 aromatic heterocycles. The van der Waals surface area contributed by atoms with E-state index in [2.05, 4.69) is 25.8 Å². The van der Waals surface area contributed by atoms with Crippen LogP contribution in [0.25, 0.3) is 0 Å². The van der Waals surface area contributed by atoms with E-state index in [9.17, 15) is 4.79 Å². The molecule has 0 spiro atoms. The maximum atomic E-state index is 12.5. The van der Waals surface area contributed by atoms with Crippen LogP contribution < -0.4 is 5.73 Å². The molecule has 1 aliphatic carbocycles. The summed E-state index contributed by atoms with van der Waals surface area (Å²) >= 11 is 0. The summed E-state index contributed by atoms with van der Waals surface area (Å²) in [5, 5.41) is 0. The Balaban J connectivity index is 2.03. The lowest BCUT2D eigenvalue weighted by molar-refractivity contribution is 0.0820. The Morgan fingerprint density at radius 2 is 1.89 bits per heavy atom. The molecule has 0 aromatic carbocycles. The fraction of sp³-hybridized carbons (Fsp3) is 0.625. The Hall–Kier alpha value is -1.38. The van der Waals surface area contributed by atoms with E-state index in [0.29, 0.717) is 16.8 Å². The van der Waals surface area contributed by atoms with Crippen molar-refractivity contribution in [2.75, 3.05) is 5.73 Å². The first kappa shape index (κ1) is 14.0. The zero-order chi connectivity index (χ0) is 14.0. The van der Waals surface area contributed by atoms with Crippen molar-refractivity contribution < 1.29 is 4.79 Å². The number of Topliss-reactive ketones (excluding diaryl/α,β-unsaturated/α-hetero) is 1. The molecule has 3 heteroatoms. The molecule has 1 aromatic rings. The minimum atomic E-state index is 0.130. The van der Waals surface area contributed by atoms with Crippen molar-refractivity contribution in [1.29, 1.82) is 0 Å². The summed E-state index contributed by atoms with van der Waals surface area (Å²) in [4.78, 5) is 16.5. The Kier molecular flexibility index (Phi) is 3.93. The number of hydrogen-bond donors (Lipinski definition) is 1. The van der Waals surface area contributed by atoms with Gasteiger partial charge >= 0.3 is 0 Å². The van der Waals surface area contributed by atoms with Crippen LogP contribution in [-0.2, 0) is 0 Å². The highest BCUT2D eigenvalue weighted by Crippen LogP contribution is 2.40. The molecule has 2 rings (SSSR count). The van der Waals surface area contributed by atoms with Gasteiger partial charge in [-0.1, -0.05) is 20.8 Å². The number of aromatic nitrogens is 1. The van der Waals surface area contributed by atoms with Gasteiger partial charge in [-0.2, -0.15) is 0 Å². The highest BCUT2D eigenvalue weighted by Gasteiger charge is 2.33. The Morgan fingerprint density at radius 1 is 1.26 bits per heavy atom. The highest BCUT2D eigenvalue weighted by atomic mass is 16.1. The predicted molar refractivity (Wildman–Crippen MR) is 77.9 cm³/mol. The lowest BCUT2D eigenvalue weighted by atomic mass is 9.69. The third-order valence-electron chi connectivity index (χ3n) is 4.43. The molecule has 0 aliphatic heterocycles. The molecule has 1 aliphatic rings. The van der Waals surface area contributed by atoms with Crippen molar-refractivity contribution >= 4 is 11.6 Å². The third kappa shape index (κ3) is 3.14. The lowest BCUT2D eigenvalue weighted by Crippen LogP contribution is -2.29. The van der Waals surface area contributed by atoms with Crippen LogP contribution in [0.2, 0.25) is 0 Å². The van der Waals surface area contributed by atoms with E-state index in [1.165, 1.54) is 0 Å². The second kappa shape index (κ2) is 5.32. The van der Waals surface area contributed by atoms with Crippen LogP contribution in [-0.4, -0.2) is 10.8 Å². The largest absolute Gasteiger partial charge is 0.383 e. The van der Waals surface area contributed by atoms with E-state index >= 15 is 0 Å².